The van der Waals surface area contributed by atoms with Crippen LogP contribution < -0.4 is 4.74 Å². The van der Waals surface area contributed by atoms with Gasteiger partial charge in [0.15, 0.2) is 0 Å². The van der Waals surface area contributed by atoms with Crippen LogP contribution in [0.25, 0.3) is 5.65 Å². The lowest BCUT2D eigenvalue weighted by Gasteiger charge is -2.21. The molecule has 0 saturated carbocycles. The topological polar surface area (TPSA) is 70.6 Å². The molecule has 2 heterocycles. The van der Waals surface area contributed by atoms with Crippen molar-refractivity contribution in [3.05, 3.63) is 114 Å². The van der Waals surface area contributed by atoms with E-state index in [1.807, 2.05) is 60.1 Å². The highest BCUT2D eigenvalue weighted by molar-refractivity contribution is 5.94. The Kier molecular flexibility index (Phi) is 6.51. The highest BCUT2D eigenvalue weighted by Gasteiger charge is 2.16. The van der Waals surface area contributed by atoms with Gasteiger partial charge in [0, 0.05) is 31.0 Å². The van der Waals surface area contributed by atoms with Gasteiger partial charge < -0.3 is 14.0 Å². The Labute approximate surface area is 193 Å². The van der Waals surface area contributed by atoms with Gasteiger partial charge in [-0.3, -0.25) is 4.79 Å². The molecule has 33 heavy (non-hydrogen) atoms. The molecule has 0 spiro atoms. The number of imidazole rings is 1. The molecule has 0 fully saturated rings. The van der Waals surface area contributed by atoms with E-state index in [1.54, 1.807) is 35.2 Å². The van der Waals surface area contributed by atoms with E-state index in [0.717, 1.165) is 22.5 Å². The maximum Gasteiger partial charge on any atom is 0.254 e. The van der Waals surface area contributed by atoms with E-state index in [2.05, 4.69) is 17.6 Å². The molecule has 0 N–H and O–H groups in total. The number of aryl methyl sites for hydroxylation is 1. The maximum absolute atomic E-state index is 13.2. The van der Waals surface area contributed by atoms with Crippen molar-refractivity contribution in [3.8, 4) is 11.8 Å². The molecule has 2 aromatic carbocycles. The Morgan fingerprint density at radius 2 is 2.00 bits per heavy atom. The Hall–Kier alpha value is -4.37. The summed E-state index contributed by atoms with van der Waals surface area (Å²) >= 11 is 0. The van der Waals surface area contributed by atoms with Gasteiger partial charge >= 0.3 is 0 Å². The Balaban J connectivity index is 1.46. The fraction of sp³-hybridized carbons (Fsp3) is 0.148. The minimum Gasteiger partial charge on any atom is -0.487 e. The van der Waals surface area contributed by atoms with Gasteiger partial charge in [0.1, 0.15) is 18.0 Å². The molecule has 0 aliphatic carbocycles. The summed E-state index contributed by atoms with van der Waals surface area (Å²) in [7, 11) is 0. The second-order valence-electron chi connectivity index (χ2n) is 7.80. The van der Waals surface area contributed by atoms with Gasteiger partial charge in [-0.05, 0) is 54.4 Å². The van der Waals surface area contributed by atoms with Crippen LogP contribution in [-0.4, -0.2) is 26.7 Å². The molecular formula is C27H24N4O2. The second kappa shape index (κ2) is 9.84. The lowest BCUT2D eigenvalue weighted by molar-refractivity contribution is 0.0762. The van der Waals surface area contributed by atoms with Gasteiger partial charge in [0.2, 0.25) is 0 Å². The summed E-state index contributed by atoms with van der Waals surface area (Å²) in [6, 6.07) is 20.5. The van der Waals surface area contributed by atoms with Crippen LogP contribution >= 0.6 is 0 Å². The number of hydrogen-bond acceptors (Lipinski definition) is 4. The van der Waals surface area contributed by atoms with Gasteiger partial charge in [-0.2, -0.15) is 5.26 Å². The first-order chi connectivity index (χ1) is 16.1. The maximum atomic E-state index is 13.2. The molecule has 1 amide bonds. The minimum atomic E-state index is -0.118. The van der Waals surface area contributed by atoms with E-state index in [0.29, 0.717) is 36.6 Å². The third-order valence-electron chi connectivity index (χ3n) is 5.21. The number of aromatic nitrogens is 2. The lowest BCUT2D eigenvalue weighted by atomic mass is 10.1. The summed E-state index contributed by atoms with van der Waals surface area (Å²) in [5, 5.41) is 8.98. The molecule has 6 heteroatoms. The molecule has 6 nitrogen and oxygen atoms in total. The van der Waals surface area contributed by atoms with E-state index < -0.39 is 0 Å². The van der Waals surface area contributed by atoms with Crippen molar-refractivity contribution >= 4 is 11.6 Å². The van der Waals surface area contributed by atoms with E-state index >= 15 is 0 Å². The van der Waals surface area contributed by atoms with Crippen molar-refractivity contribution in [1.82, 2.24) is 14.3 Å². The standard InChI is InChI=1S/C27H24N4O2/c1-3-13-30(17-22-10-8-21(15-28)9-11-22)27(32)23-5-4-6-25(14-23)33-19-24-18-31-16-20(2)7-12-26(31)29-24/h3-12,14,16,18H,1,13,17,19H2,2H3. The first kappa shape index (κ1) is 21.8. The highest BCUT2D eigenvalue weighted by Crippen LogP contribution is 2.18. The molecule has 2 aromatic heterocycles. The molecule has 0 unspecified atom stereocenters. The number of rotatable bonds is 8. The number of carbonyl (C=O) groups excluding carboxylic acids is 1. The zero-order valence-corrected chi connectivity index (χ0v) is 18.4. The fourth-order valence-corrected chi connectivity index (χ4v) is 3.56. The summed E-state index contributed by atoms with van der Waals surface area (Å²) < 4.78 is 7.91. The Morgan fingerprint density at radius 3 is 2.76 bits per heavy atom. The first-order valence-electron chi connectivity index (χ1n) is 10.6. The summed E-state index contributed by atoms with van der Waals surface area (Å²) in [5.41, 5.74) is 4.90. The number of amides is 1. The molecule has 0 saturated heterocycles. The molecule has 0 bridgehead atoms. The monoisotopic (exact) mass is 436 g/mol. The predicted octanol–water partition coefficient (Wildman–Crippen LogP) is 4.92. The third-order valence-corrected chi connectivity index (χ3v) is 5.21. The van der Waals surface area contributed by atoms with Crippen LogP contribution in [0, 0.1) is 18.3 Å². The van der Waals surface area contributed by atoms with Crippen LogP contribution in [0.15, 0.2) is 85.7 Å². The van der Waals surface area contributed by atoms with Crippen molar-refractivity contribution < 1.29 is 9.53 Å². The van der Waals surface area contributed by atoms with Crippen molar-refractivity contribution in [3.63, 3.8) is 0 Å². The smallest absolute Gasteiger partial charge is 0.254 e. The molecule has 4 rings (SSSR count). The SMILES string of the molecule is C=CCN(Cc1ccc(C#N)cc1)C(=O)c1cccc(OCc2cn3cc(C)ccc3n2)c1. The lowest BCUT2D eigenvalue weighted by Crippen LogP contribution is -2.30. The average molecular weight is 437 g/mol. The highest BCUT2D eigenvalue weighted by atomic mass is 16.5. The van der Waals surface area contributed by atoms with Gasteiger partial charge in [0.25, 0.3) is 5.91 Å². The van der Waals surface area contributed by atoms with E-state index in [9.17, 15) is 4.79 Å². The van der Waals surface area contributed by atoms with Crippen molar-refractivity contribution in [2.75, 3.05) is 6.54 Å². The number of benzene rings is 2. The summed E-state index contributed by atoms with van der Waals surface area (Å²) in [6.07, 6.45) is 5.67. The van der Waals surface area contributed by atoms with Gasteiger partial charge in [-0.15, -0.1) is 6.58 Å². The number of nitriles is 1. The number of carbonyl (C=O) groups is 1. The molecule has 0 aliphatic rings. The number of hydrogen-bond donors (Lipinski definition) is 0. The third kappa shape index (κ3) is 5.28. The Bertz CT molecular complexity index is 1330. The predicted molar refractivity (Wildman–Crippen MR) is 127 cm³/mol. The quantitative estimate of drug-likeness (QED) is 0.368. The number of pyridine rings is 1. The number of nitrogens with zero attached hydrogens (tertiary/aromatic N) is 4. The van der Waals surface area contributed by atoms with E-state index in [4.69, 9.17) is 10.00 Å². The van der Waals surface area contributed by atoms with Gasteiger partial charge in [-0.1, -0.05) is 30.3 Å². The second-order valence-corrected chi connectivity index (χ2v) is 7.80. The van der Waals surface area contributed by atoms with Crippen LogP contribution in [0.5, 0.6) is 5.75 Å². The van der Waals surface area contributed by atoms with Crippen molar-refractivity contribution in [1.29, 1.82) is 5.26 Å². The van der Waals surface area contributed by atoms with Crippen LogP contribution in [0.2, 0.25) is 0 Å². The summed E-state index contributed by atoms with van der Waals surface area (Å²) in [6.45, 7) is 6.95. The average Bonchev–Trinajstić information content (AvgIpc) is 3.24. The van der Waals surface area contributed by atoms with Gasteiger partial charge in [-0.25, -0.2) is 4.98 Å². The first-order valence-corrected chi connectivity index (χ1v) is 10.6. The van der Waals surface area contributed by atoms with E-state index in [1.165, 1.54) is 0 Å². The Morgan fingerprint density at radius 1 is 1.18 bits per heavy atom. The minimum absolute atomic E-state index is 0.118. The normalized spacial score (nSPS) is 10.5. The molecule has 164 valence electrons. The summed E-state index contributed by atoms with van der Waals surface area (Å²) in [4.78, 5) is 19.5. The molecular weight excluding hydrogens is 412 g/mol. The van der Waals surface area contributed by atoms with Crippen LogP contribution in [0.1, 0.15) is 32.7 Å². The fourth-order valence-electron chi connectivity index (χ4n) is 3.56. The van der Waals surface area contributed by atoms with Crippen LogP contribution in [-0.2, 0) is 13.2 Å². The zero-order chi connectivity index (χ0) is 23.2. The molecule has 0 atom stereocenters. The molecule has 0 aliphatic heterocycles. The summed E-state index contributed by atoms with van der Waals surface area (Å²) in [5.74, 6) is 0.485. The number of fused-ring (bicyclic) bond motifs is 1. The van der Waals surface area contributed by atoms with Crippen molar-refractivity contribution in [2.24, 2.45) is 0 Å². The molecule has 4 aromatic rings. The largest absolute Gasteiger partial charge is 0.487 e. The van der Waals surface area contributed by atoms with Crippen LogP contribution in [0.3, 0.4) is 0 Å². The van der Waals surface area contributed by atoms with Gasteiger partial charge in [0.05, 0.1) is 17.3 Å². The zero-order valence-electron chi connectivity index (χ0n) is 18.4. The number of ether oxygens (including phenoxy) is 1. The van der Waals surface area contributed by atoms with Crippen molar-refractivity contribution in [2.45, 2.75) is 20.1 Å². The van der Waals surface area contributed by atoms with Crippen LogP contribution in [0.4, 0.5) is 0 Å². The van der Waals surface area contributed by atoms with E-state index in [-0.39, 0.29) is 5.91 Å². The molecule has 0 radical (unpaired) electrons.